The summed E-state index contributed by atoms with van der Waals surface area (Å²) >= 11 is 0. The average molecular weight is 506 g/mol. The molecule has 2 aliphatic rings. The van der Waals surface area contributed by atoms with E-state index < -0.39 is 0 Å². The van der Waals surface area contributed by atoms with Crippen LogP contribution in [0.2, 0.25) is 0 Å². The molecule has 0 aromatic heterocycles. The number of nitrogens with one attached hydrogen (secondary N) is 5. The molecule has 0 saturated carbocycles. The van der Waals surface area contributed by atoms with Crippen molar-refractivity contribution in [1.82, 2.24) is 26.2 Å². The number of quaternary nitrogens is 3. The highest BCUT2D eigenvalue weighted by Crippen LogP contribution is 2.08. The quantitative estimate of drug-likeness (QED) is 0.236. The largest absolute Gasteiger partial charge is 0.345 e. The van der Waals surface area contributed by atoms with Gasteiger partial charge in [-0.1, -0.05) is 24.3 Å². The molecule has 2 fully saturated rings. The lowest BCUT2D eigenvalue weighted by Crippen LogP contribution is -3.11. The highest BCUT2D eigenvalue weighted by molar-refractivity contribution is 5.21. The second kappa shape index (κ2) is 19.9. The fourth-order valence-corrected chi connectivity index (χ4v) is 5.21. The first-order chi connectivity index (χ1) is 17.9. The van der Waals surface area contributed by atoms with Gasteiger partial charge >= 0.3 is 0 Å². The van der Waals surface area contributed by atoms with Crippen molar-refractivity contribution in [3.63, 3.8) is 0 Å². The average Bonchev–Trinajstić information content (AvgIpc) is 2.89. The van der Waals surface area contributed by atoms with Gasteiger partial charge in [-0.2, -0.15) is 0 Å². The molecule has 36 heavy (non-hydrogen) atoms. The van der Waals surface area contributed by atoms with Crippen molar-refractivity contribution in [1.29, 1.82) is 0 Å². The maximum Gasteiger partial charge on any atom is 0.103 e. The number of benzene rings is 1. The molecule has 206 valence electrons. The molecule has 0 amide bonds. The molecule has 8 heteroatoms. The van der Waals surface area contributed by atoms with Crippen LogP contribution in [-0.4, -0.2) is 110 Å². The Bertz CT molecular complexity index is 558. The van der Waals surface area contributed by atoms with Gasteiger partial charge in [-0.05, 0) is 25.1 Å². The van der Waals surface area contributed by atoms with Crippen LogP contribution in [0.25, 0.3) is 0 Å². The third-order valence-electron chi connectivity index (χ3n) is 7.43. The third-order valence-corrected chi connectivity index (χ3v) is 7.43. The molecule has 3 rings (SSSR count). The first-order valence-electron chi connectivity index (χ1n) is 15.0. The van der Waals surface area contributed by atoms with E-state index in [0.29, 0.717) is 0 Å². The summed E-state index contributed by atoms with van der Waals surface area (Å²) in [6.45, 7) is 20.8. The molecule has 8 nitrogen and oxygen atoms in total. The van der Waals surface area contributed by atoms with Gasteiger partial charge in [-0.25, -0.2) is 0 Å². The molecular formula is C28H57N8+3. The predicted octanol–water partition coefficient (Wildman–Crippen LogP) is -3.05. The highest BCUT2D eigenvalue weighted by atomic mass is 15.1. The maximum absolute atomic E-state index is 3.67. The zero-order valence-electron chi connectivity index (χ0n) is 23.0. The smallest absolute Gasteiger partial charge is 0.103 e. The van der Waals surface area contributed by atoms with Gasteiger partial charge in [0.2, 0.25) is 0 Å². The first kappa shape index (κ1) is 29.5. The van der Waals surface area contributed by atoms with Crippen molar-refractivity contribution >= 4 is 0 Å². The maximum atomic E-state index is 3.67. The SMILES string of the molecule is c1cc(C[NH+]2CCCNCC[NH2+]CCCNCC2)ccc1CN1CCC[NH2+]CCNCCCNCC1. The van der Waals surface area contributed by atoms with Crippen molar-refractivity contribution in [2.24, 2.45) is 0 Å². The minimum absolute atomic E-state index is 1.06. The highest BCUT2D eigenvalue weighted by Gasteiger charge is 2.11. The van der Waals surface area contributed by atoms with E-state index in [1.54, 1.807) is 4.90 Å². The standard InChI is InChI=1S/C28H54N8/c1-9-29-15-17-31-13-3-21-35(23-19-33-11-1)25-27-5-7-28(8-6-27)26-36-22-4-14-32-18-16-30-10-2-12-34-20-24-36/h5-8,29-34H,1-4,9-26H2/p+3. The zero-order valence-corrected chi connectivity index (χ0v) is 23.0. The molecule has 0 aliphatic carbocycles. The minimum atomic E-state index is 1.06. The van der Waals surface area contributed by atoms with E-state index in [0.717, 1.165) is 72.0 Å². The van der Waals surface area contributed by atoms with Crippen LogP contribution in [0.5, 0.6) is 0 Å². The number of hydrogen-bond acceptors (Lipinski definition) is 5. The van der Waals surface area contributed by atoms with Crippen molar-refractivity contribution in [2.75, 3.05) is 105 Å². The number of hydrogen-bond donors (Lipinski definition) is 7. The van der Waals surface area contributed by atoms with Crippen LogP contribution in [0.1, 0.15) is 36.8 Å². The second-order valence-electron chi connectivity index (χ2n) is 10.7. The number of nitrogens with two attached hydrogens (primary N) is 2. The van der Waals surface area contributed by atoms with Gasteiger partial charge in [0.05, 0.1) is 39.3 Å². The molecular weight excluding hydrogens is 448 g/mol. The summed E-state index contributed by atoms with van der Waals surface area (Å²) in [5, 5.41) is 19.4. The van der Waals surface area contributed by atoms with E-state index >= 15 is 0 Å². The lowest BCUT2D eigenvalue weighted by molar-refractivity contribution is -0.912. The molecule has 2 heterocycles. The fourth-order valence-electron chi connectivity index (χ4n) is 5.21. The van der Waals surface area contributed by atoms with Gasteiger partial charge in [0.1, 0.15) is 6.54 Å². The van der Waals surface area contributed by atoms with Crippen LogP contribution in [0.15, 0.2) is 24.3 Å². The van der Waals surface area contributed by atoms with Gasteiger partial charge < -0.3 is 36.8 Å². The van der Waals surface area contributed by atoms with Crippen LogP contribution in [-0.2, 0) is 13.1 Å². The molecule has 1 atom stereocenters. The summed E-state index contributed by atoms with van der Waals surface area (Å²) in [6.07, 6.45) is 4.99. The Morgan fingerprint density at radius 1 is 0.583 bits per heavy atom. The Balaban J connectivity index is 1.45. The Kier molecular flexibility index (Phi) is 16.3. The lowest BCUT2D eigenvalue weighted by atomic mass is 10.1. The van der Waals surface area contributed by atoms with Crippen LogP contribution in [0.4, 0.5) is 0 Å². The summed E-state index contributed by atoms with van der Waals surface area (Å²) in [5.41, 5.74) is 2.93. The summed E-state index contributed by atoms with van der Waals surface area (Å²) in [6, 6.07) is 9.54. The van der Waals surface area contributed by atoms with E-state index in [4.69, 9.17) is 0 Å². The van der Waals surface area contributed by atoms with Crippen LogP contribution < -0.4 is 36.8 Å². The molecule has 0 radical (unpaired) electrons. The minimum Gasteiger partial charge on any atom is -0.345 e. The first-order valence-corrected chi connectivity index (χ1v) is 15.0. The van der Waals surface area contributed by atoms with Crippen molar-refractivity contribution in [3.8, 4) is 0 Å². The van der Waals surface area contributed by atoms with Crippen LogP contribution in [0, 0.1) is 0 Å². The Labute approximate surface area is 220 Å². The molecule has 2 aliphatic heterocycles. The monoisotopic (exact) mass is 505 g/mol. The van der Waals surface area contributed by atoms with Gasteiger partial charge in [-0.3, -0.25) is 4.90 Å². The van der Waals surface area contributed by atoms with E-state index in [1.807, 2.05) is 0 Å². The summed E-state index contributed by atoms with van der Waals surface area (Å²) < 4.78 is 0. The van der Waals surface area contributed by atoms with Gasteiger partial charge in [0.25, 0.3) is 0 Å². The Morgan fingerprint density at radius 3 is 2.03 bits per heavy atom. The summed E-state index contributed by atoms with van der Waals surface area (Å²) in [4.78, 5) is 4.34. The molecule has 0 spiro atoms. The lowest BCUT2D eigenvalue weighted by Gasteiger charge is -2.23. The van der Waals surface area contributed by atoms with Gasteiger partial charge in [0, 0.05) is 83.7 Å². The Hall–Kier alpha value is -1.10. The van der Waals surface area contributed by atoms with E-state index in [1.165, 1.54) is 82.6 Å². The normalized spacial score (nSPS) is 24.4. The number of nitrogens with zero attached hydrogens (tertiary/aromatic N) is 1. The van der Waals surface area contributed by atoms with E-state index in [2.05, 4.69) is 61.1 Å². The zero-order chi connectivity index (χ0) is 24.9. The van der Waals surface area contributed by atoms with E-state index in [9.17, 15) is 0 Å². The Morgan fingerprint density at radius 2 is 1.22 bits per heavy atom. The van der Waals surface area contributed by atoms with Crippen molar-refractivity contribution < 1.29 is 15.5 Å². The topological polar surface area (TPSA) is 89.0 Å². The van der Waals surface area contributed by atoms with Crippen molar-refractivity contribution in [3.05, 3.63) is 35.4 Å². The van der Waals surface area contributed by atoms with Crippen molar-refractivity contribution in [2.45, 2.75) is 38.8 Å². The predicted molar refractivity (Wildman–Crippen MR) is 149 cm³/mol. The van der Waals surface area contributed by atoms with Gasteiger partial charge in [-0.15, -0.1) is 0 Å². The second-order valence-corrected chi connectivity index (χ2v) is 10.7. The molecule has 9 N–H and O–H groups in total. The molecule has 1 aromatic carbocycles. The van der Waals surface area contributed by atoms with Crippen LogP contribution in [0.3, 0.4) is 0 Å². The van der Waals surface area contributed by atoms with Gasteiger partial charge in [0.15, 0.2) is 0 Å². The van der Waals surface area contributed by atoms with Crippen LogP contribution >= 0.6 is 0 Å². The molecule has 1 unspecified atom stereocenters. The molecule has 0 bridgehead atoms. The fraction of sp³-hybridized carbons (Fsp3) is 0.786. The summed E-state index contributed by atoms with van der Waals surface area (Å²) in [7, 11) is 0. The van der Waals surface area contributed by atoms with E-state index in [-0.39, 0.29) is 0 Å². The molecule has 2 saturated heterocycles. The summed E-state index contributed by atoms with van der Waals surface area (Å²) in [5.74, 6) is 0. The molecule has 1 aromatic rings. The third kappa shape index (κ3) is 14.0. The number of rotatable bonds is 4.